The molecule has 1 aromatic heterocycles. The van der Waals surface area contributed by atoms with Crippen LogP contribution in [-0.2, 0) is 12.8 Å². The minimum Gasteiger partial charge on any atom is -0.508 e. The van der Waals surface area contributed by atoms with Crippen LogP contribution in [0.5, 0.6) is 5.75 Å². The standard InChI is InChI=1S/C17H20O4/c1-11(2)5-6-13-9-14-8-12(4-3-7-18)15(19)10-16(14)21-17(13)20/h5,8-10,18-19H,3-4,6-7H2,1-2H3. The van der Waals surface area contributed by atoms with Crippen LogP contribution in [0, 0.1) is 0 Å². The number of fused-ring (bicyclic) bond motifs is 1. The zero-order valence-electron chi connectivity index (χ0n) is 12.3. The molecule has 4 heteroatoms. The monoisotopic (exact) mass is 288 g/mol. The zero-order valence-corrected chi connectivity index (χ0v) is 12.3. The second kappa shape index (κ2) is 6.59. The van der Waals surface area contributed by atoms with E-state index in [0.717, 1.165) is 16.5 Å². The van der Waals surface area contributed by atoms with Crippen molar-refractivity contribution in [2.45, 2.75) is 33.1 Å². The normalized spacial score (nSPS) is 10.8. The molecule has 2 N–H and O–H groups in total. The predicted octanol–water partition coefficient (Wildman–Crippen LogP) is 2.93. The van der Waals surface area contributed by atoms with Crippen molar-refractivity contribution in [1.82, 2.24) is 0 Å². The van der Waals surface area contributed by atoms with Crippen molar-refractivity contribution in [2.24, 2.45) is 0 Å². The molecule has 0 aliphatic heterocycles. The van der Waals surface area contributed by atoms with Gasteiger partial charge < -0.3 is 14.6 Å². The lowest BCUT2D eigenvalue weighted by Gasteiger charge is -2.06. The topological polar surface area (TPSA) is 70.7 Å². The van der Waals surface area contributed by atoms with Gasteiger partial charge in [-0.15, -0.1) is 0 Å². The fourth-order valence-electron chi connectivity index (χ4n) is 2.17. The second-order valence-electron chi connectivity index (χ2n) is 5.39. The van der Waals surface area contributed by atoms with Crippen molar-refractivity contribution in [3.8, 4) is 5.75 Å². The molecule has 0 saturated heterocycles. The van der Waals surface area contributed by atoms with E-state index in [4.69, 9.17) is 9.52 Å². The number of hydrogen-bond acceptors (Lipinski definition) is 4. The van der Waals surface area contributed by atoms with Crippen LogP contribution in [-0.4, -0.2) is 16.8 Å². The van der Waals surface area contributed by atoms with E-state index in [0.29, 0.717) is 30.4 Å². The highest BCUT2D eigenvalue weighted by atomic mass is 16.4. The number of aliphatic hydroxyl groups excluding tert-OH is 1. The van der Waals surface area contributed by atoms with E-state index in [1.165, 1.54) is 6.07 Å². The van der Waals surface area contributed by atoms with Crippen molar-refractivity contribution in [1.29, 1.82) is 0 Å². The first-order valence-corrected chi connectivity index (χ1v) is 7.04. The summed E-state index contributed by atoms with van der Waals surface area (Å²) in [6, 6.07) is 5.09. The molecule has 21 heavy (non-hydrogen) atoms. The maximum Gasteiger partial charge on any atom is 0.339 e. The number of aryl methyl sites for hydroxylation is 1. The summed E-state index contributed by atoms with van der Waals surface area (Å²) >= 11 is 0. The van der Waals surface area contributed by atoms with Crippen molar-refractivity contribution in [2.75, 3.05) is 6.61 Å². The van der Waals surface area contributed by atoms with E-state index >= 15 is 0 Å². The van der Waals surface area contributed by atoms with Gasteiger partial charge in [-0.3, -0.25) is 0 Å². The highest BCUT2D eigenvalue weighted by Gasteiger charge is 2.09. The summed E-state index contributed by atoms with van der Waals surface area (Å²) in [6.45, 7) is 4.04. The third-order valence-electron chi connectivity index (χ3n) is 3.34. The first-order chi connectivity index (χ1) is 10.0. The quantitative estimate of drug-likeness (QED) is 0.655. The fraction of sp³-hybridized carbons (Fsp3) is 0.353. The maximum absolute atomic E-state index is 11.9. The Morgan fingerprint density at radius 3 is 2.62 bits per heavy atom. The average Bonchev–Trinajstić information content (AvgIpc) is 2.43. The smallest absolute Gasteiger partial charge is 0.339 e. The molecule has 1 aromatic carbocycles. The third kappa shape index (κ3) is 3.73. The number of aromatic hydroxyl groups is 1. The van der Waals surface area contributed by atoms with Gasteiger partial charge in [0.1, 0.15) is 11.3 Å². The molecular formula is C17H20O4. The van der Waals surface area contributed by atoms with Gasteiger partial charge in [-0.2, -0.15) is 0 Å². The van der Waals surface area contributed by atoms with Crippen LogP contribution < -0.4 is 5.63 Å². The van der Waals surface area contributed by atoms with Crippen molar-refractivity contribution in [3.05, 3.63) is 51.4 Å². The van der Waals surface area contributed by atoms with Crippen molar-refractivity contribution >= 4 is 11.0 Å². The summed E-state index contributed by atoms with van der Waals surface area (Å²) in [5.41, 5.74) is 2.50. The van der Waals surface area contributed by atoms with Crippen LogP contribution in [0.1, 0.15) is 31.4 Å². The van der Waals surface area contributed by atoms with Crippen LogP contribution in [0.25, 0.3) is 11.0 Å². The van der Waals surface area contributed by atoms with Gasteiger partial charge in [0, 0.05) is 23.6 Å². The molecule has 112 valence electrons. The van der Waals surface area contributed by atoms with E-state index < -0.39 is 0 Å². The molecule has 0 radical (unpaired) electrons. The first kappa shape index (κ1) is 15.3. The molecule has 0 bridgehead atoms. The van der Waals surface area contributed by atoms with E-state index in [9.17, 15) is 9.90 Å². The molecule has 0 amide bonds. The summed E-state index contributed by atoms with van der Waals surface area (Å²) in [6.07, 6.45) is 3.68. The minimum absolute atomic E-state index is 0.0766. The molecular weight excluding hydrogens is 268 g/mol. The molecule has 2 aromatic rings. The fourth-order valence-corrected chi connectivity index (χ4v) is 2.17. The molecule has 0 aliphatic carbocycles. The molecule has 0 atom stereocenters. The molecule has 0 fully saturated rings. The van der Waals surface area contributed by atoms with Gasteiger partial charge in [0.05, 0.1) is 0 Å². The predicted molar refractivity (Wildman–Crippen MR) is 82.7 cm³/mol. The lowest BCUT2D eigenvalue weighted by atomic mass is 10.0. The Morgan fingerprint density at radius 1 is 1.24 bits per heavy atom. The molecule has 0 aliphatic rings. The Bertz CT molecular complexity index is 721. The Hall–Kier alpha value is -2.07. The first-order valence-electron chi connectivity index (χ1n) is 7.04. The number of rotatable bonds is 5. The summed E-state index contributed by atoms with van der Waals surface area (Å²) < 4.78 is 5.27. The van der Waals surface area contributed by atoms with Crippen LogP contribution in [0.4, 0.5) is 0 Å². The van der Waals surface area contributed by atoms with Gasteiger partial charge in [-0.25, -0.2) is 4.79 Å². The Kier molecular flexibility index (Phi) is 4.81. The van der Waals surface area contributed by atoms with Crippen LogP contribution in [0.15, 0.2) is 39.1 Å². The van der Waals surface area contributed by atoms with Crippen molar-refractivity contribution in [3.63, 3.8) is 0 Å². The molecule has 4 nitrogen and oxygen atoms in total. The van der Waals surface area contributed by atoms with Crippen LogP contribution >= 0.6 is 0 Å². The van der Waals surface area contributed by atoms with Gasteiger partial charge >= 0.3 is 5.63 Å². The van der Waals surface area contributed by atoms with Gasteiger partial charge in [0.2, 0.25) is 0 Å². The summed E-state index contributed by atoms with van der Waals surface area (Å²) in [7, 11) is 0. The SMILES string of the molecule is CC(C)=CCc1cc2cc(CCCO)c(O)cc2oc1=O. The van der Waals surface area contributed by atoms with Crippen LogP contribution in [0.3, 0.4) is 0 Å². The highest BCUT2D eigenvalue weighted by molar-refractivity contribution is 5.80. The van der Waals surface area contributed by atoms with Crippen LogP contribution in [0.2, 0.25) is 0 Å². The second-order valence-corrected chi connectivity index (χ2v) is 5.39. The van der Waals surface area contributed by atoms with E-state index in [1.807, 2.05) is 32.1 Å². The Balaban J connectivity index is 2.46. The summed E-state index contributed by atoms with van der Waals surface area (Å²) in [5, 5.41) is 19.6. The molecule has 0 saturated carbocycles. The number of phenolic OH excluding ortho intramolecular Hbond substituents is 1. The van der Waals surface area contributed by atoms with Gasteiger partial charge in [0.25, 0.3) is 0 Å². The minimum atomic E-state index is -0.373. The third-order valence-corrected chi connectivity index (χ3v) is 3.34. The lowest BCUT2D eigenvalue weighted by molar-refractivity contribution is 0.288. The number of benzene rings is 1. The van der Waals surface area contributed by atoms with Gasteiger partial charge in [-0.1, -0.05) is 11.6 Å². The summed E-state index contributed by atoms with van der Waals surface area (Å²) in [4.78, 5) is 11.9. The lowest BCUT2D eigenvalue weighted by Crippen LogP contribution is -2.06. The number of hydrogen-bond donors (Lipinski definition) is 2. The zero-order chi connectivity index (χ0) is 15.4. The van der Waals surface area contributed by atoms with E-state index in [-0.39, 0.29) is 18.0 Å². The van der Waals surface area contributed by atoms with Gasteiger partial charge in [0.15, 0.2) is 0 Å². The maximum atomic E-state index is 11.9. The average molecular weight is 288 g/mol. The van der Waals surface area contributed by atoms with Crippen molar-refractivity contribution < 1.29 is 14.6 Å². The molecule has 0 unspecified atom stereocenters. The highest BCUT2D eigenvalue weighted by Crippen LogP contribution is 2.26. The largest absolute Gasteiger partial charge is 0.508 e. The Labute approximate surface area is 123 Å². The molecule has 0 spiro atoms. The van der Waals surface area contributed by atoms with E-state index in [2.05, 4.69) is 0 Å². The summed E-state index contributed by atoms with van der Waals surface area (Å²) in [5.74, 6) is 0.0937. The Morgan fingerprint density at radius 2 is 1.95 bits per heavy atom. The van der Waals surface area contributed by atoms with E-state index in [1.54, 1.807) is 0 Å². The number of allylic oxidation sites excluding steroid dienone is 2. The molecule has 2 rings (SSSR count). The molecule has 1 heterocycles. The number of phenols is 1. The van der Waals surface area contributed by atoms with Gasteiger partial charge in [-0.05, 0) is 50.8 Å². The number of aliphatic hydroxyl groups is 1.